The number of aliphatic imine (C=N–C) groups is 1. The van der Waals surface area contributed by atoms with Crippen molar-refractivity contribution in [1.29, 1.82) is 0 Å². The molecule has 1 aromatic rings. The van der Waals surface area contributed by atoms with Gasteiger partial charge in [-0.15, -0.1) is 24.0 Å². The van der Waals surface area contributed by atoms with Crippen molar-refractivity contribution in [2.75, 3.05) is 64.5 Å². The summed E-state index contributed by atoms with van der Waals surface area (Å²) in [6.07, 6.45) is 3.68. The van der Waals surface area contributed by atoms with E-state index in [4.69, 9.17) is 4.74 Å². The summed E-state index contributed by atoms with van der Waals surface area (Å²) >= 11 is 2.09. The van der Waals surface area contributed by atoms with E-state index in [0.29, 0.717) is 0 Å². The number of likely N-dealkylation sites (tertiary alicyclic amines) is 1. The van der Waals surface area contributed by atoms with Crippen molar-refractivity contribution in [2.24, 2.45) is 10.9 Å². The Bertz CT molecular complexity index is 647. The van der Waals surface area contributed by atoms with Crippen LogP contribution in [0.15, 0.2) is 35.3 Å². The van der Waals surface area contributed by atoms with Crippen molar-refractivity contribution in [3.63, 3.8) is 0 Å². The first-order valence-corrected chi connectivity index (χ1v) is 11.8. The molecule has 0 bridgehead atoms. The second-order valence-corrected chi connectivity index (χ2v) is 9.42. The smallest absolute Gasteiger partial charge is 0.193 e. The molecule has 0 spiro atoms. The first-order valence-electron chi connectivity index (χ1n) is 10.7. The normalized spacial score (nSPS) is 28.4. The van der Waals surface area contributed by atoms with Crippen molar-refractivity contribution < 1.29 is 4.74 Å². The second kappa shape index (κ2) is 11.2. The average Bonchev–Trinajstić information content (AvgIpc) is 3.41. The molecule has 1 aromatic carbocycles. The number of rotatable bonds is 5. The highest BCUT2D eigenvalue weighted by atomic mass is 127. The van der Waals surface area contributed by atoms with Gasteiger partial charge < -0.3 is 15.0 Å². The summed E-state index contributed by atoms with van der Waals surface area (Å²) in [7, 11) is 1.93. The van der Waals surface area contributed by atoms with Crippen molar-refractivity contribution in [2.45, 2.75) is 24.8 Å². The maximum atomic E-state index is 5.59. The molecule has 3 saturated heterocycles. The van der Waals surface area contributed by atoms with Gasteiger partial charge in [-0.1, -0.05) is 30.3 Å². The highest BCUT2D eigenvalue weighted by Crippen LogP contribution is 2.33. The maximum Gasteiger partial charge on any atom is 0.193 e. The largest absolute Gasteiger partial charge is 0.379 e. The molecular weight excluding hydrogens is 495 g/mol. The van der Waals surface area contributed by atoms with E-state index in [1.54, 1.807) is 0 Å². The third kappa shape index (κ3) is 5.80. The van der Waals surface area contributed by atoms with E-state index in [9.17, 15) is 0 Å². The van der Waals surface area contributed by atoms with Gasteiger partial charge in [0.25, 0.3) is 0 Å². The van der Waals surface area contributed by atoms with Gasteiger partial charge in [0, 0.05) is 51.1 Å². The van der Waals surface area contributed by atoms with Gasteiger partial charge in [0.1, 0.15) is 0 Å². The Kier molecular flexibility index (Phi) is 8.95. The van der Waals surface area contributed by atoms with Crippen molar-refractivity contribution in [3.8, 4) is 0 Å². The summed E-state index contributed by atoms with van der Waals surface area (Å²) in [6, 6.07) is 10.9. The third-order valence-corrected chi connectivity index (χ3v) is 7.74. The summed E-state index contributed by atoms with van der Waals surface area (Å²) in [4.78, 5) is 9.76. The monoisotopic (exact) mass is 530 g/mol. The maximum absolute atomic E-state index is 5.59. The van der Waals surface area contributed by atoms with Crippen LogP contribution in [0.1, 0.15) is 18.4 Å². The molecule has 4 rings (SSSR count). The van der Waals surface area contributed by atoms with Crippen LogP contribution in [0.2, 0.25) is 0 Å². The number of ether oxygens (including phenoxy) is 1. The van der Waals surface area contributed by atoms with Crippen LogP contribution >= 0.6 is 35.7 Å². The average molecular weight is 531 g/mol. The van der Waals surface area contributed by atoms with Crippen LogP contribution in [-0.2, 0) is 11.2 Å². The number of benzene rings is 1. The van der Waals surface area contributed by atoms with E-state index in [1.807, 2.05) is 7.05 Å². The van der Waals surface area contributed by atoms with Crippen molar-refractivity contribution in [3.05, 3.63) is 35.9 Å². The number of hydrogen-bond donors (Lipinski definition) is 1. The number of morpholine rings is 1. The third-order valence-electron chi connectivity index (χ3n) is 6.50. The van der Waals surface area contributed by atoms with Gasteiger partial charge in [-0.05, 0) is 36.5 Å². The number of nitrogens with one attached hydrogen (secondary N) is 1. The van der Waals surface area contributed by atoms with Crippen molar-refractivity contribution in [1.82, 2.24) is 15.1 Å². The zero-order chi connectivity index (χ0) is 19.2. The van der Waals surface area contributed by atoms with Gasteiger partial charge >= 0.3 is 0 Å². The van der Waals surface area contributed by atoms with Crippen LogP contribution in [0.5, 0.6) is 0 Å². The van der Waals surface area contributed by atoms with E-state index in [-0.39, 0.29) is 29.5 Å². The summed E-state index contributed by atoms with van der Waals surface area (Å²) < 4.78 is 5.59. The number of guanidine groups is 1. The molecular formula is C22H35IN4OS. The molecule has 5 nitrogen and oxygen atoms in total. The van der Waals surface area contributed by atoms with Gasteiger partial charge in [-0.3, -0.25) is 9.89 Å². The summed E-state index contributed by atoms with van der Waals surface area (Å²) in [5.41, 5.74) is 1.71. The molecule has 0 aliphatic carbocycles. The Morgan fingerprint density at radius 2 is 2.03 bits per heavy atom. The van der Waals surface area contributed by atoms with E-state index in [2.05, 4.69) is 62.2 Å². The van der Waals surface area contributed by atoms with Crippen LogP contribution < -0.4 is 5.32 Å². The fourth-order valence-electron chi connectivity index (χ4n) is 4.85. The summed E-state index contributed by atoms with van der Waals surface area (Å²) in [6.45, 7) is 7.06. The lowest BCUT2D eigenvalue weighted by atomic mass is 9.95. The van der Waals surface area contributed by atoms with Crippen LogP contribution in [-0.4, -0.2) is 85.8 Å². The fourth-order valence-corrected chi connectivity index (χ4v) is 6.33. The molecule has 3 aliphatic heterocycles. The second-order valence-electron chi connectivity index (χ2n) is 8.32. The number of hydrogen-bond acceptors (Lipinski definition) is 4. The zero-order valence-corrected chi connectivity index (χ0v) is 20.7. The van der Waals surface area contributed by atoms with Crippen LogP contribution in [0.3, 0.4) is 0 Å². The minimum absolute atomic E-state index is 0. The van der Waals surface area contributed by atoms with Gasteiger partial charge in [0.05, 0.1) is 13.2 Å². The topological polar surface area (TPSA) is 40.1 Å². The summed E-state index contributed by atoms with van der Waals surface area (Å²) in [5.74, 6) is 4.28. The highest BCUT2D eigenvalue weighted by molar-refractivity contribution is 14.0. The molecule has 0 saturated carbocycles. The molecule has 1 N–H and O–H groups in total. The molecule has 2 unspecified atom stereocenters. The lowest BCUT2D eigenvalue weighted by Gasteiger charge is -2.43. The van der Waals surface area contributed by atoms with E-state index in [1.165, 1.54) is 36.3 Å². The van der Waals surface area contributed by atoms with Gasteiger partial charge in [0.2, 0.25) is 0 Å². The first kappa shape index (κ1) is 23.2. The quantitative estimate of drug-likeness (QED) is 0.360. The minimum Gasteiger partial charge on any atom is -0.379 e. The minimum atomic E-state index is 0. The molecule has 3 heterocycles. The van der Waals surface area contributed by atoms with E-state index in [0.717, 1.165) is 57.8 Å². The lowest BCUT2D eigenvalue weighted by molar-refractivity contribution is -0.0121. The summed E-state index contributed by atoms with van der Waals surface area (Å²) in [5, 5.41) is 3.76. The molecule has 29 heavy (non-hydrogen) atoms. The zero-order valence-electron chi connectivity index (χ0n) is 17.5. The van der Waals surface area contributed by atoms with Gasteiger partial charge in [-0.25, -0.2) is 0 Å². The number of nitrogens with zero attached hydrogens (tertiary/aromatic N) is 3. The Labute approximate surface area is 197 Å². The lowest BCUT2D eigenvalue weighted by Crippen LogP contribution is -2.60. The molecule has 3 aliphatic rings. The van der Waals surface area contributed by atoms with E-state index >= 15 is 0 Å². The Hall–Kier alpha value is -0.510. The molecule has 0 aromatic heterocycles. The predicted octanol–water partition coefficient (Wildman–Crippen LogP) is 2.95. The number of halogens is 1. The predicted molar refractivity (Wildman–Crippen MR) is 134 cm³/mol. The Morgan fingerprint density at radius 3 is 2.72 bits per heavy atom. The number of thioether (sulfide) groups is 1. The van der Waals surface area contributed by atoms with Crippen molar-refractivity contribution >= 4 is 41.7 Å². The highest BCUT2D eigenvalue weighted by Gasteiger charge is 2.41. The van der Waals surface area contributed by atoms with Gasteiger partial charge in [-0.2, -0.15) is 11.8 Å². The SMILES string of the molecule is CN=C(NCC1(N2CCOCC2)CCSC1)N1CCC(Cc2ccccc2)C1.I. The molecule has 3 fully saturated rings. The first-order chi connectivity index (χ1) is 13.8. The Balaban J connectivity index is 0.00000240. The van der Waals surface area contributed by atoms with Gasteiger partial charge in [0.15, 0.2) is 5.96 Å². The Morgan fingerprint density at radius 1 is 1.24 bits per heavy atom. The van der Waals surface area contributed by atoms with Crippen LogP contribution in [0, 0.1) is 5.92 Å². The molecule has 0 radical (unpaired) electrons. The van der Waals surface area contributed by atoms with E-state index < -0.39 is 0 Å². The molecule has 0 amide bonds. The molecule has 2 atom stereocenters. The standard InChI is InChI=1S/C22H34N4OS.HI/c1-23-21(25-9-7-20(16-25)15-19-5-3-2-4-6-19)24-17-22(8-14-28-18-22)26-10-12-27-13-11-26;/h2-6,20H,7-18H2,1H3,(H,23,24);1H. The fraction of sp³-hybridized carbons (Fsp3) is 0.682. The molecule has 162 valence electrons. The van der Waals surface area contributed by atoms with Crippen LogP contribution in [0.4, 0.5) is 0 Å². The molecule has 7 heteroatoms. The van der Waals surface area contributed by atoms with Crippen LogP contribution in [0.25, 0.3) is 0 Å².